The van der Waals surface area contributed by atoms with Crippen LogP contribution in [0.3, 0.4) is 0 Å². The number of rotatable bonds is 2. The molecule has 22 heavy (non-hydrogen) atoms. The summed E-state index contributed by atoms with van der Waals surface area (Å²) in [7, 11) is 1.59. The molecule has 4 nitrogen and oxygen atoms in total. The van der Waals surface area contributed by atoms with Crippen LogP contribution in [0.15, 0.2) is 47.4 Å². The Balaban J connectivity index is 2.00. The van der Waals surface area contributed by atoms with Crippen LogP contribution >= 0.6 is 23.4 Å². The minimum Gasteiger partial charge on any atom is -0.497 e. The lowest BCUT2D eigenvalue weighted by Gasteiger charge is -2.19. The summed E-state index contributed by atoms with van der Waals surface area (Å²) in [5, 5.41) is 13.2. The van der Waals surface area contributed by atoms with E-state index in [4.69, 9.17) is 16.3 Å². The van der Waals surface area contributed by atoms with Crippen LogP contribution in [0.1, 0.15) is 10.8 Å². The van der Waals surface area contributed by atoms with Gasteiger partial charge in [-0.05, 0) is 35.9 Å². The molecule has 1 aliphatic heterocycles. The number of aliphatic hydroxyl groups excluding tert-OH is 1. The summed E-state index contributed by atoms with van der Waals surface area (Å²) in [4.78, 5) is 13.0. The maximum atomic E-state index is 12.1. The van der Waals surface area contributed by atoms with E-state index in [1.807, 2.05) is 24.3 Å². The minimum absolute atomic E-state index is 0.411. The number of benzene rings is 2. The number of methoxy groups -OCH3 is 1. The Bertz CT molecular complexity index is 705. The lowest BCUT2D eigenvalue weighted by atomic mass is 10.1. The highest BCUT2D eigenvalue weighted by Crippen LogP contribution is 2.44. The van der Waals surface area contributed by atoms with Gasteiger partial charge >= 0.3 is 0 Å². The highest BCUT2D eigenvalue weighted by Gasteiger charge is 2.32. The first-order chi connectivity index (χ1) is 10.6. The van der Waals surface area contributed by atoms with Gasteiger partial charge in [-0.3, -0.25) is 4.79 Å². The van der Waals surface area contributed by atoms with Crippen molar-refractivity contribution in [2.75, 3.05) is 12.4 Å². The summed E-state index contributed by atoms with van der Waals surface area (Å²) in [6, 6.07) is 12.6. The molecule has 0 bridgehead atoms. The van der Waals surface area contributed by atoms with Crippen molar-refractivity contribution in [3.8, 4) is 5.75 Å². The number of carbonyl (C=O) groups is 1. The Morgan fingerprint density at radius 2 is 1.95 bits per heavy atom. The molecule has 0 saturated carbocycles. The molecule has 0 radical (unpaired) electrons. The van der Waals surface area contributed by atoms with Crippen molar-refractivity contribution in [2.24, 2.45) is 0 Å². The Kier molecular flexibility index (Phi) is 4.29. The minimum atomic E-state index is -1.15. The number of halogens is 1. The predicted molar refractivity (Wildman–Crippen MR) is 87.7 cm³/mol. The number of ether oxygens (including phenoxy) is 1. The Morgan fingerprint density at radius 1 is 1.23 bits per heavy atom. The third kappa shape index (κ3) is 2.92. The average molecular weight is 336 g/mol. The fraction of sp³-hybridized carbons (Fsp3) is 0.188. The van der Waals surface area contributed by atoms with Gasteiger partial charge in [0.15, 0.2) is 0 Å². The second-order valence-electron chi connectivity index (χ2n) is 4.89. The zero-order chi connectivity index (χ0) is 15.7. The van der Waals surface area contributed by atoms with Gasteiger partial charge in [-0.25, -0.2) is 0 Å². The molecular formula is C16H14ClNO3S. The van der Waals surface area contributed by atoms with Gasteiger partial charge in [0.05, 0.1) is 18.0 Å². The van der Waals surface area contributed by atoms with Crippen LogP contribution in [0, 0.1) is 0 Å². The van der Waals surface area contributed by atoms with Gasteiger partial charge in [0.25, 0.3) is 5.91 Å². The van der Waals surface area contributed by atoms with Crippen molar-refractivity contribution < 1.29 is 14.6 Å². The number of fused-ring (bicyclic) bond motifs is 1. The molecule has 114 valence electrons. The summed E-state index contributed by atoms with van der Waals surface area (Å²) in [6.07, 6.45) is -1.15. The van der Waals surface area contributed by atoms with Gasteiger partial charge < -0.3 is 15.2 Å². The number of aliphatic hydroxyl groups is 1. The lowest BCUT2D eigenvalue weighted by Crippen LogP contribution is -2.30. The molecule has 2 atom stereocenters. The standard InChI is InChI=1S/C16H14ClNO3S/c1-21-11-5-2-9(3-6-11)15-14(19)16(20)18-12-7-4-10(17)8-13(12)22-15/h2-8,14-15,19H,1H3,(H,18,20)/t14-,15+/m1/s1. The smallest absolute Gasteiger partial charge is 0.254 e. The van der Waals surface area contributed by atoms with Crippen LogP contribution in [0.2, 0.25) is 5.02 Å². The lowest BCUT2D eigenvalue weighted by molar-refractivity contribution is -0.124. The Hall–Kier alpha value is -1.69. The number of thioether (sulfide) groups is 1. The van der Waals surface area contributed by atoms with E-state index in [0.717, 1.165) is 16.2 Å². The molecular weight excluding hydrogens is 322 g/mol. The monoisotopic (exact) mass is 335 g/mol. The molecule has 1 aliphatic rings. The van der Waals surface area contributed by atoms with Crippen LogP contribution in [-0.2, 0) is 4.79 Å². The number of amides is 1. The molecule has 1 amide bonds. The molecule has 0 aliphatic carbocycles. The molecule has 6 heteroatoms. The van der Waals surface area contributed by atoms with E-state index in [1.165, 1.54) is 11.8 Å². The van der Waals surface area contributed by atoms with Crippen molar-refractivity contribution in [3.05, 3.63) is 53.1 Å². The number of hydrogen-bond donors (Lipinski definition) is 2. The summed E-state index contributed by atoms with van der Waals surface area (Å²) >= 11 is 7.44. The van der Waals surface area contributed by atoms with Crippen molar-refractivity contribution in [3.63, 3.8) is 0 Å². The molecule has 0 saturated heterocycles. The van der Waals surface area contributed by atoms with Crippen molar-refractivity contribution in [1.82, 2.24) is 0 Å². The summed E-state index contributed by atoms with van der Waals surface area (Å²) in [5.74, 6) is 0.305. The third-order valence-electron chi connectivity index (χ3n) is 3.46. The molecule has 0 unspecified atom stereocenters. The Morgan fingerprint density at radius 3 is 2.64 bits per heavy atom. The van der Waals surface area contributed by atoms with E-state index in [0.29, 0.717) is 10.7 Å². The topological polar surface area (TPSA) is 58.6 Å². The SMILES string of the molecule is COc1ccc([C@@H]2Sc3cc(Cl)ccc3NC(=O)[C@@H]2O)cc1. The molecule has 0 spiro atoms. The van der Waals surface area contributed by atoms with Crippen LogP contribution in [0.5, 0.6) is 5.75 Å². The van der Waals surface area contributed by atoms with Crippen molar-refractivity contribution >= 4 is 35.0 Å². The van der Waals surface area contributed by atoms with Crippen molar-refractivity contribution in [1.29, 1.82) is 0 Å². The van der Waals surface area contributed by atoms with E-state index in [9.17, 15) is 9.90 Å². The molecule has 2 N–H and O–H groups in total. The molecule has 3 rings (SSSR count). The number of anilines is 1. The van der Waals surface area contributed by atoms with E-state index < -0.39 is 17.3 Å². The molecule has 0 aromatic heterocycles. The largest absolute Gasteiger partial charge is 0.497 e. The molecule has 2 aromatic carbocycles. The first-order valence-electron chi connectivity index (χ1n) is 6.67. The summed E-state index contributed by atoms with van der Waals surface area (Å²) in [5.41, 5.74) is 1.51. The quantitative estimate of drug-likeness (QED) is 0.882. The molecule has 0 fully saturated rings. The molecule has 2 aromatic rings. The maximum Gasteiger partial charge on any atom is 0.254 e. The Labute approximate surface area is 137 Å². The van der Waals surface area contributed by atoms with Gasteiger partial charge in [0.1, 0.15) is 11.9 Å². The third-order valence-corrected chi connectivity index (χ3v) is 5.07. The van der Waals surface area contributed by atoms with Gasteiger partial charge in [-0.1, -0.05) is 23.7 Å². The fourth-order valence-corrected chi connectivity index (χ4v) is 3.78. The van der Waals surface area contributed by atoms with Gasteiger partial charge in [-0.2, -0.15) is 0 Å². The van der Waals surface area contributed by atoms with Crippen LogP contribution in [0.25, 0.3) is 0 Å². The maximum absolute atomic E-state index is 12.1. The van der Waals surface area contributed by atoms with E-state index >= 15 is 0 Å². The first kappa shape index (κ1) is 15.2. The van der Waals surface area contributed by atoms with E-state index in [2.05, 4.69) is 5.32 Å². The van der Waals surface area contributed by atoms with Crippen LogP contribution < -0.4 is 10.1 Å². The van der Waals surface area contributed by atoms with Crippen LogP contribution in [0.4, 0.5) is 5.69 Å². The fourth-order valence-electron chi connectivity index (χ4n) is 2.29. The van der Waals surface area contributed by atoms with E-state index in [-0.39, 0.29) is 0 Å². The van der Waals surface area contributed by atoms with Gasteiger partial charge in [-0.15, -0.1) is 11.8 Å². The van der Waals surface area contributed by atoms with Gasteiger partial charge in [0.2, 0.25) is 0 Å². The summed E-state index contributed by atoms with van der Waals surface area (Å²) in [6.45, 7) is 0. The average Bonchev–Trinajstić information content (AvgIpc) is 2.65. The van der Waals surface area contributed by atoms with E-state index in [1.54, 1.807) is 25.3 Å². The second-order valence-corrected chi connectivity index (χ2v) is 6.51. The number of hydrogen-bond acceptors (Lipinski definition) is 4. The summed E-state index contributed by atoms with van der Waals surface area (Å²) < 4.78 is 5.14. The zero-order valence-corrected chi connectivity index (χ0v) is 13.3. The number of nitrogens with one attached hydrogen (secondary N) is 1. The highest BCUT2D eigenvalue weighted by atomic mass is 35.5. The highest BCUT2D eigenvalue weighted by molar-refractivity contribution is 7.99. The van der Waals surface area contributed by atoms with Crippen LogP contribution in [-0.4, -0.2) is 24.2 Å². The second kappa shape index (κ2) is 6.20. The zero-order valence-electron chi connectivity index (χ0n) is 11.7. The van der Waals surface area contributed by atoms with Gasteiger partial charge in [0, 0.05) is 9.92 Å². The van der Waals surface area contributed by atoms with Crippen molar-refractivity contribution in [2.45, 2.75) is 16.2 Å². The predicted octanol–water partition coefficient (Wildman–Crippen LogP) is 3.50. The normalized spacial score (nSPS) is 20.8. The molecule has 1 heterocycles. The number of carbonyl (C=O) groups excluding carboxylic acids is 1. The first-order valence-corrected chi connectivity index (χ1v) is 7.93.